The molecule has 1 aliphatic rings. The van der Waals surface area contributed by atoms with Gasteiger partial charge >= 0.3 is 0 Å². The Labute approximate surface area is 182 Å². The largest absolute Gasteiger partial charge is 0.507 e. The van der Waals surface area contributed by atoms with Crippen molar-refractivity contribution in [2.75, 3.05) is 41.4 Å². The number of likely N-dealkylation sites (tertiary alicyclic amines) is 1. The molecule has 2 aromatic rings. The second-order valence-corrected chi connectivity index (χ2v) is 7.87. The Bertz CT molecular complexity index is 1030. The number of quaternary nitrogens is 1. The lowest BCUT2D eigenvalue weighted by atomic mass is 9.93. The lowest BCUT2D eigenvalue weighted by molar-refractivity contribution is -0.857. The van der Waals surface area contributed by atoms with Crippen LogP contribution in [0.2, 0.25) is 0 Å². The average molecular weight is 426 g/mol. The molecular formula is C24H29N2O5+. The smallest absolute Gasteiger partial charge is 0.295 e. The maximum atomic E-state index is 13.1. The number of ketones is 1. The van der Waals surface area contributed by atoms with Crippen LogP contribution >= 0.6 is 0 Å². The summed E-state index contributed by atoms with van der Waals surface area (Å²) >= 11 is 0. The normalized spacial score (nSPS) is 18.0. The first-order chi connectivity index (χ1) is 14.8. The number of aliphatic hydroxyl groups is 1. The molecule has 7 nitrogen and oxygen atoms in total. The summed E-state index contributed by atoms with van der Waals surface area (Å²) < 4.78 is 10.8. The highest BCUT2D eigenvalue weighted by Gasteiger charge is 2.47. The van der Waals surface area contributed by atoms with E-state index in [4.69, 9.17) is 9.47 Å². The van der Waals surface area contributed by atoms with E-state index in [2.05, 4.69) is 0 Å². The van der Waals surface area contributed by atoms with Gasteiger partial charge in [0, 0.05) is 11.1 Å². The van der Waals surface area contributed by atoms with E-state index >= 15 is 0 Å². The summed E-state index contributed by atoms with van der Waals surface area (Å²) in [7, 11) is 7.07. The number of carbonyl (C=O) groups is 2. The molecule has 0 saturated carbocycles. The third-order valence-corrected chi connectivity index (χ3v) is 5.51. The first-order valence-corrected chi connectivity index (χ1v) is 10.2. The molecule has 1 aliphatic heterocycles. The standard InChI is InChI=1S/C24H28N2O5/c1-15-14-16(30-4)10-11-17(15)22(27)20-21(18-8-6-7-9-19(18)31-5)26(13-12-25(2)3)24(29)23(20)28/h6-11,14,21,27H,12-13H2,1-5H3/p+1/t21-/m1/s1. The Morgan fingerprint density at radius 2 is 1.81 bits per heavy atom. The number of nitrogens with one attached hydrogen (secondary N) is 1. The molecule has 31 heavy (non-hydrogen) atoms. The van der Waals surface area contributed by atoms with Crippen molar-refractivity contribution in [2.45, 2.75) is 13.0 Å². The number of hydrogen-bond donors (Lipinski definition) is 2. The third kappa shape index (κ3) is 4.27. The molecule has 2 aromatic carbocycles. The van der Waals surface area contributed by atoms with Gasteiger partial charge in [-0.3, -0.25) is 9.59 Å². The van der Waals surface area contributed by atoms with E-state index in [0.717, 1.165) is 10.5 Å². The van der Waals surface area contributed by atoms with Crippen molar-refractivity contribution in [3.05, 3.63) is 64.7 Å². The van der Waals surface area contributed by atoms with Crippen molar-refractivity contribution in [3.8, 4) is 11.5 Å². The molecule has 164 valence electrons. The Balaban J connectivity index is 2.21. The number of hydrogen-bond acceptors (Lipinski definition) is 5. The molecule has 0 spiro atoms. The van der Waals surface area contributed by atoms with Crippen LogP contribution in [0.3, 0.4) is 0 Å². The van der Waals surface area contributed by atoms with Gasteiger partial charge in [-0.25, -0.2) is 0 Å². The Kier molecular flexibility index (Phi) is 6.65. The summed E-state index contributed by atoms with van der Waals surface area (Å²) in [6, 6.07) is 11.7. The summed E-state index contributed by atoms with van der Waals surface area (Å²) in [5.74, 6) is -0.324. The van der Waals surface area contributed by atoms with Crippen molar-refractivity contribution >= 4 is 17.4 Å². The molecule has 1 atom stereocenters. The summed E-state index contributed by atoms with van der Waals surface area (Å²) in [6.45, 7) is 2.84. The van der Waals surface area contributed by atoms with Gasteiger partial charge in [0.05, 0.1) is 53.0 Å². The average Bonchev–Trinajstić information content (AvgIpc) is 3.01. The Morgan fingerprint density at radius 3 is 2.42 bits per heavy atom. The van der Waals surface area contributed by atoms with Gasteiger partial charge in [-0.05, 0) is 36.8 Å². The molecule has 2 N–H and O–H groups in total. The molecule has 1 fully saturated rings. The van der Waals surface area contributed by atoms with E-state index < -0.39 is 17.7 Å². The van der Waals surface area contributed by atoms with E-state index in [-0.39, 0.29) is 11.3 Å². The Morgan fingerprint density at radius 1 is 1.10 bits per heavy atom. The number of benzene rings is 2. The van der Waals surface area contributed by atoms with Crippen LogP contribution in [0.5, 0.6) is 11.5 Å². The van der Waals surface area contributed by atoms with E-state index in [1.807, 2.05) is 39.2 Å². The van der Waals surface area contributed by atoms with E-state index in [1.165, 1.54) is 4.90 Å². The van der Waals surface area contributed by atoms with Crippen molar-refractivity contribution < 1.29 is 29.1 Å². The zero-order valence-corrected chi connectivity index (χ0v) is 18.6. The number of aliphatic hydroxyl groups excluding tert-OH is 1. The van der Waals surface area contributed by atoms with Crippen LogP contribution in [-0.2, 0) is 9.59 Å². The van der Waals surface area contributed by atoms with E-state index in [1.54, 1.807) is 38.5 Å². The molecule has 7 heteroatoms. The number of Topliss-reactive ketones (excluding diaryl/α,β-unsaturated/α-hetero) is 1. The second-order valence-electron chi connectivity index (χ2n) is 7.87. The van der Waals surface area contributed by atoms with Gasteiger partial charge in [-0.15, -0.1) is 0 Å². The van der Waals surface area contributed by atoms with Crippen molar-refractivity contribution in [1.29, 1.82) is 0 Å². The maximum absolute atomic E-state index is 13.1. The minimum Gasteiger partial charge on any atom is -0.507 e. The number of amides is 1. The monoisotopic (exact) mass is 425 g/mol. The zero-order chi connectivity index (χ0) is 22.7. The molecule has 3 rings (SSSR count). The highest BCUT2D eigenvalue weighted by atomic mass is 16.5. The second kappa shape index (κ2) is 9.22. The fourth-order valence-electron chi connectivity index (χ4n) is 3.84. The van der Waals surface area contributed by atoms with E-state index in [0.29, 0.717) is 35.7 Å². The highest BCUT2D eigenvalue weighted by molar-refractivity contribution is 6.46. The quantitative estimate of drug-likeness (QED) is 0.400. The molecule has 0 unspecified atom stereocenters. The lowest BCUT2D eigenvalue weighted by Crippen LogP contribution is -3.06. The summed E-state index contributed by atoms with van der Waals surface area (Å²) in [5, 5.41) is 11.2. The van der Waals surface area contributed by atoms with Gasteiger partial charge in [-0.2, -0.15) is 0 Å². The van der Waals surface area contributed by atoms with Crippen molar-refractivity contribution in [2.24, 2.45) is 0 Å². The van der Waals surface area contributed by atoms with Crippen LogP contribution in [-0.4, -0.2) is 63.1 Å². The third-order valence-electron chi connectivity index (χ3n) is 5.51. The SMILES string of the molecule is COc1ccc(C(O)=C2C(=O)C(=O)N(CC[NH+](C)C)[C@@H]2c2ccccc2OC)c(C)c1. The molecule has 0 aliphatic carbocycles. The first-order valence-electron chi connectivity index (χ1n) is 10.2. The number of aryl methyl sites for hydroxylation is 1. The minimum absolute atomic E-state index is 0.0662. The van der Waals surface area contributed by atoms with Gasteiger partial charge < -0.3 is 24.4 Å². The number of methoxy groups -OCH3 is 2. The van der Waals surface area contributed by atoms with E-state index in [9.17, 15) is 14.7 Å². The van der Waals surface area contributed by atoms with Crippen LogP contribution < -0.4 is 14.4 Å². The van der Waals surface area contributed by atoms with Crippen LogP contribution in [0.15, 0.2) is 48.0 Å². The maximum Gasteiger partial charge on any atom is 0.295 e. The number of ether oxygens (including phenoxy) is 2. The van der Waals surface area contributed by atoms with Crippen molar-refractivity contribution in [3.63, 3.8) is 0 Å². The topological polar surface area (TPSA) is 80.5 Å². The predicted octanol–water partition coefficient (Wildman–Crippen LogP) is 1.58. The molecule has 1 saturated heterocycles. The van der Waals surface area contributed by atoms with Crippen LogP contribution in [0.25, 0.3) is 5.76 Å². The molecule has 1 heterocycles. The number of para-hydroxylation sites is 1. The summed E-state index contributed by atoms with van der Waals surface area (Å²) in [5.41, 5.74) is 1.94. The summed E-state index contributed by atoms with van der Waals surface area (Å²) in [4.78, 5) is 28.8. The predicted molar refractivity (Wildman–Crippen MR) is 117 cm³/mol. The molecule has 0 bridgehead atoms. The highest BCUT2D eigenvalue weighted by Crippen LogP contribution is 2.42. The van der Waals surface area contributed by atoms with Gasteiger partial charge in [-0.1, -0.05) is 18.2 Å². The lowest BCUT2D eigenvalue weighted by Gasteiger charge is -2.26. The fraction of sp³-hybridized carbons (Fsp3) is 0.333. The number of likely N-dealkylation sites (N-methyl/N-ethyl adjacent to an activating group) is 1. The van der Waals surface area contributed by atoms with Crippen molar-refractivity contribution in [1.82, 2.24) is 4.90 Å². The van der Waals surface area contributed by atoms with Gasteiger partial charge in [0.2, 0.25) is 0 Å². The number of carbonyl (C=O) groups excluding carboxylic acids is 2. The first kappa shape index (κ1) is 22.4. The molecule has 0 radical (unpaired) electrons. The minimum atomic E-state index is -0.739. The molecule has 0 aromatic heterocycles. The van der Waals surface area contributed by atoms with Crippen LogP contribution in [0, 0.1) is 6.92 Å². The zero-order valence-electron chi connectivity index (χ0n) is 18.6. The van der Waals surface area contributed by atoms with Gasteiger partial charge in [0.15, 0.2) is 0 Å². The van der Waals surface area contributed by atoms with Crippen LogP contribution in [0.1, 0.15) is 22.7 Å². The van der Waals surface area contributed by atoms with Gasteiger partial charge in [0.25, 0.3) is 11.7 Å². The fourth-order valence-corrected chi connectivity index (χ4v) is 3.84. The van der Waals surface area contributed by atoms with Crippen LogP contribution in [0.4, 0.5) is 0 Å². The summed E-state index contributed by atoms with van der Waals surface area (Å²) in [6.07, 6.45) is 0. The molecule has 1 amide bonds. The number of rotatable bonds is 7. The Hall–Kier alpha value is -3.32. The molecular weight excluding hydrogens is 396 g/mol. The van der Waals surface area contributed by atoms with Gasteiger partial charge in [0.1, 0.15) is 17.3 Å². The number of nitrogens with zero attached hydrogens (tertiary/aromatic N) is 1.